The summed E-state index contributed by atoms with van der Waals surface area (Å²) in [5.74, 6) is 0.827. The summed E-state index contributed by atoms with van der Waals surface area (Å²) < 4.78 is 1.83. The Kier molecular flexibility index (Phi) is 4.81. The average molecular weight is 278 g/mol. The number of aromatic nitrogens is 2. The minimum absolute atomic E-state index is 0.00498. The van der Waals surface area contributed by atoms with Gasteiger partial charge in [0.05, 0.1) is 6.20 Å². The molecule has 0 saturated heterocycles. The van der Waals surface area contributed by atoms with E-state index >= 15 is 0 Å². The number of anilines is 1. The summed E-state index contributed by atoms with van der Waals surface area (Å²) in [5.41, 5.74) is 5.95. The van der Waals surface area contributed by atoms with Gasteiger partial charge in [0.15, 0.2) is 0 Å². The Morgan fingerprint density at radius 1 is 1.45 bits per heavy atom. The molecule has 0 radical (unpaired) electrons. The highest BCUT2D eigenvalue weighted by Gasteiger charge is 2.33. The van der Waals surface area contributed by atoms with Crippen molar-refractivity contribution in [3.05, 3.63) is 12.3 Å². The molecular formula is C15H26N4O. The zero-order chi connectivity index (χ0) is 14.6. The maximum absolute atomic E-state index is 12.3. The normalized spacial score (nSPS) is 18.2. The highest BCUT2D eigenvalue weighted by molar-refractivity contribution is 5.90. The third-order valence-corrected chi connectivity index (χ3v) is 4.31. The van der Waals surface area contributed by atoms with Crippen LogP contribution >= 0.6 is 0 Å². The maximum Gasteiger partial charge on any atom is 0.226 e. The predicted molar refractivity (Wildman–Crippen MR) is 80.4 cm³/mol. The van der Waals surface area contributed by atoms with Crippen molar-refractivity contribution in [1.29, 1.82) is 0 Å². The Morgan fingerprint density at radius 2 is 2.15 bits per heavy atom. The molecule has 1 aliphatic carbocycles. The molecule has 1 amide bonds. The number of nitrogens with one attached hydrogen (secondary N) is 1. The largest absolute Gasteiger partial charge is 0.330 e. The lowest BCUT2D eigenvalue weighted by atomic mass is 9.71. The van der Waals surface area contributed by atoms with E-state index in [9.17, 15) is 4.79 Å². The minimum Gasteiger partial charge on any atom is -0.330 e. The molecule has 0 atom stereocenters. The van der Waals surface area contributed by atoms with Gasteiger partial charge in [0.1, 0.15) is 5.82 Å². The first kappa shape index (κ1) is 15.0. The SMILES string of the molecule is CC(C)n1nccc1NC(=O)CC1(CN)CCCCC1. The average Bonchev–Trinajstić information content (AvgIpc) is 2.88. The number of carbonyl (C=O) groups excluding carboxylic acids is 1. The zero-order valence-electron chi connectivity index (χ0n) is 12.6. The van der Waals surface area contributed by atoms with Crippen LogP contribution in [0.1, 0.15) is 58.4 Å². The quantitative estimate of drug-likeness (QED) is 0.869. The van der Waals surface area contributed by atoms with Crippen LogP contribution in [0.15, 0.2) is 12.3 Å². The van der Waals surface area contributed by atoms with Crippen LogP contribution in [-0.2, 0) is 4.79 Å². The molecule has 20 heavy (non-hydrogen) atoms. The predicted octanol–water partition coefficient (Wildman–Crippen LogP) is 2.70. The molecule has 1 saturated carbocycles. The van der Waals surface area contributed by atoms with Crippen LogP contribution in [0.25, 0.3) is 0 Å². The van der Waals surface area contributed by atoms with Crippen molar-refractivity contribution in [2.24, 2.45) is 11.1 Å². The molecule has 5 heteroatoms. The summed E-state index contributed by atoms with van der Waals surface area (Å²) in [6.45, 7) is 4.69. The van der Waals surface area contributed by atoms with Crippen LogP contribution in [0.4, 0.5) is 5.82 Å². The molecule has 0 aromatic carbocycles. The van der Waals surface area contributed by atoms with E-state index in [2.05, 4.69) is 10.4 Å². The third kappa shape index (κ3) is 3.39. The molecule has 0 unspecified atom stereocenters. The lowest BCUT2D eigenvalue weighted by molar-refractivity contribution is -0.118. The first-order valence-electron chi connectivity index (χ1n) is 7.60. The van der Waals surface area contributed by atoms with Gasteiger partial charge >= 0.3 is 0 Å². The van der Waals surface area contributed by atoms with Gasteiger partial charge in [-0.3, -0.25) is 4.79 Å². The first-order valence-corrected chi connectivity index (χ1v) is 7.60. The van der Waals surface area contributed by atoms with E-state index in [4.69, 9.17) is 5.73 Å². The van der Waals surface area contributed by atoms with Gasteiger partial charge in [0.2, 0.25) is 5.91 Å². The Morgan fingerprint density at radius 3 is 2.75 bits per heavy atom. The van der Waals surface area contributed by atoms with Crippen molar-refractivity contribution in [3.63, 3.8) is 0 Å². The van der Waals surface area contributed by atoms with E-state index in [-0.39, 0.29) is 17.4 Å². The number of amides is 1. The lowest BCUT2D eigenvalue weighted by Crippen LogP contribution is -2.36. The molecule has 1 aromatic rings. The molecule has 0 aliphatic heterocycles. The number of nitrogens with zero attached hydrogens (tertiary/aromatic N) is 2. The Balaban J connectivity index is 1.99. The lowest BCUT2D eigenvalue weighted by Gasteiger charge is -2.35. The molecule has 1 heterocycles. The molecule has 5 nitrogen and oxygen atoms in total. The Labute approximate surface area is 120 Å². The summed E-state index contributed by atoms with van der Waals surface area (Å²) >= 11 is 0. The molecule has 3 N–H and O–H groups in total. The molecular weight excluding hydrogens is 252 g/mol. The molecule has 1 fully saturated rings. The van der Waals surface area contributed by atoms with E-state index < -0.39 is 0 Å². The fourth-order valence-corrected chi connectivity index (χ4v) is 3.11. The summed E-state index contributed by atoms with van der Waals surface area (Å²) in [6.07, 6.45) is 8.02. The highest BCUT2D eigenvalue weighted by Crippen LogP contribution is 2.38. The molecule has 2 rings (SSSR count). The number of carbonyl (C=O) groups is 1. The molecule has 112 valence electrons. The van der Waals surface area contributed by atoms with Gasteiger partial charge < -0.3 is 11.1 Å². The fraction of sp³-hybridized carbons (Fsp3) is 0.733. The van der Waals surface area contributed by atoms with E-state index in [1.165, 1.54) is 19.3 Å². The van der Waals surface area contributed by atoms with Crippen LogP contribution < -0.4 is 11.1 Å². The summed E-state index contributed by atoms with van der Waals surface area (Å²) in [7, 11) is 0. The summed E-state index contributed by atoms with van der Waals surface area (Å²) in [5, 5.41) is 7.21. The highest BCUT2D eigenvalue weighted by atomic mass is 16.1. The van der Waals surface area contributed by atoms with Crippen LogP contribution in [0.2, 0.25) is 0 Å². The second-order valence-electron chi connectivity index (χ2n) is 6.24. The zero-order valence-corrected chi connectivity index (χ0v) is 12.6. The van der Waals surface area contributed by atoms with Gasteiger partial charge in [-0.25, -0.2) is 4.68 Å². The molecule has 0 spiro atoms. The van der Waals surface area contributed by atoms with Crippen molar-refractivity contribution in [2.45, 2.75) is 58.4 Å². The third-order valence-electron chi connectivity index (χ3n) is 4.31. The Bertz CT molecular complexity index is 446. The van der Waals surface area contributed by atoms with Gasteiger partial charge in [0.25, 0.3) is 0 Å². The summed E-state index contributed by atoms with van der Waals surface area (Å²) in [4.78, 5) is 12.3. The smallest absolute Gasteiger partial charge is 0.226 e. The molecule has 0 bridgehead atoms. The minimum atomic E-state index is 0.00498. The van der Waals surface area contributed by atoms with Gasteiger partial charge in [-0.15, -0.1) is 0 Å². The fourth-order valence-electron chi connectivity index (χ4n) is 3.11. The monoisotopic (exact) mass is 278 g/mol. The van der Waals surface area contributed by atoms with Crippen molar-refractivity contribution >= 4 is 11.7 Å². The number of rotatable bonds is 5. The first-order chi connectivity index (χ1) is 9.56. The van der Waals surface area contributed by atoms with Gasteiger partial charge in [-0.1, -0.05) is 19.3 Å². The molecule has 1 aromatic heterocycles. The van der Waals surface area contributed by atoms with Gasteiger partial charge in [-0.05, 0) is 38.6 Å². The number of nitrogens with two attached hydrogens (primary N) is 1. The van der Waals surface area contributed by atoms with Crippen molar-refractivity contribution in [3.8, 4) is 0 Å². The molecule has 1 aliphatic rings. The number of hydrogen-bond donors (Lipinski definition) is 2. The standard InChI is InChI=1S/C15H26N4O/c1-12(2)19-13(6-9-17-19)18-14(20)10-15(11-16)7-4-3-5-8-15/h6,9,12H,3-5,7-8,10-11,16H2,1-2H3,(H,18,20). The van der Waals surface area contributed by atoms with Crippen LogP contribution in [0.5, 0.6) is 0 Å². The van der Waals surface area contributed by atoms with Gasteiger partial charge in [-0.2, -0.15) is 5.10 Å². The van der Waals surface area contributed by atoms with Crippen LogP contribution in [-0.4, -0.2) is 22.2 Å². The second-order valence-corrected chi connectivity index (χ2v) is 6.24. The van der Waals surface area contributed by atoms with E-state index in [1.807, 2.05) is 24.6 Å². The topological polar surface area (TPSA) is 72.9 Å². The number of hydrogen-bond acceptors (Lipinski definition) is 3. The van der Waals surface area contributed by atoms with Crippen molar-refractivity contribution < 1.29 is 4.79 Å². The van der Waals surface area contributed by atoms with Crippen molar-refractivity contribution in [2.75, 3.05) is 11.9 Å². The van der Waals surface area contributed by atoms with E-state index in [0.717, 1.165) is 18.7 Å². The van der Waals surface area contributed by atoms with E-state index in [1.54, 1.807) is 6.20 Å². The maximum atomic E-state index is 12.3. The van der Waals surface area contributed by atoms with Crippen molar-refractivity contribution in [1.82, 2.24) is 9.78 Å². The van der Waals surface area contributed by atoms with Gasteiger partial charge in [0, 0.05) is 18.5 Å². The second kappa shape index (κ2) is 6.39. The Hall–Kier alpha value is -1.36. The van der Waals surface area contributed by atoms with Crippen LogP contribution in [0.3, 0.4) is 0 Å². The van der Waals surface area contributed by atoms with E-state index in [0.29, 0.717) is 13.0 Å². The summed E-state index contributed by atoms with van der Waals surface area (Å²) in [6, 6.07) is 2.08. The van der Waals surface area contributed by atoms with Crippen LogP contribution in [0, 0.1) is 5.41 Å².